The number of hydrogen-bond donors (Lipinski definition) is 2. The van der Waals surface area contributed by atoms with Gasteiger partial charge >= 0.3 is 18.5 Å². The predicted molar refractivity (Wildman–Crippen MR) is 126 cm³/mol. The lowest BCUT2D eigenvalue weighted by Crippen LogP contribution is -2.47. The summed E-state index contributed by atoms with van der Waals surface area (Å²) < 4.78 is 134. The Morgan fingerprint density at radius 1 is 0.925 bits per heavy atom. The molecule has 0 radical (unpaired) electrons. The number of amides is 2. The number of alkyl halides is 9. The fourth-order valence-electron chi connectivity index (χ4n) is 3.69. The van der Waals surface area contributed by atoms with Crippen LogP contribution in [0.3, 0.4) is 0 Å². The Hall–Kier alpha value is -3.29. The Balaban J connectivity index is 2.44. The lowest BCUT2D eigenvalue weighted by Gasteiger charge is -2.20. The summed E-state index contributed by atoms with van der Waals surface area (Å²) in [6, 6.07) is 3.39. The molecule has 2 N–H and O–H groups in total. The molecule has 0 aromatic heterocycles. The number of aryl methyl sites for hydroxylation is 2. The zero-order valence-electron chi connectivity index (χ0n) is 20.8. The zero-order valence-corrected chi connectivity index (χ0v) is 21.6. The fraction of sp³-hybridized carbons (Fsp3) is 0.360. The van der Waals surface area contributed by atoms with E-state index in [0.717, 1.165) is 19.1 Å². The van der Waals surface area contributed by atoms with Gasteiger partial charge in [0.25, 0.3) is 5.91 Å². The molecule has 0 heterocycles. The highest BCUT2D eigenvalue weighted by molar-refractivity contribution is 6.32. The molecule has 2 aromatic rings. The quantitative estimate of drug-likeness (QED) is 0.250. The number of hydrogen-bond acceptors (Lipinski definition) is 2. The third-order valence-electron chi connectivity index (χ3n) is 5.41. The van der Waals surface area contributed by atoms with Crippen LogP contribution in [-0.2, 0) is 11.0 Å². The van der Waals surface area contributed by atoms with Crippen molar-refractivity contribution in [1.82, 2.24) is 10.6 Å². The average Bonchev–Trinajstić information content (AvgIpc) is 2.77. The molecule has 0 saturated carbocycles. The summed E-state index contributed by atoms with van der Waals surface area (Å²) in [5, 5.41) is 3.78. The molecule has 2 amide bonds. The second-order valence-corrected chi connectivity index (χ2v) is 9.19. The van der Waals surface area contributed by atoms with Crippen molar-refractivity contribution in [3.8, 4) is 0 Å². The standard InChI is InChI=1S/C25H21ClF10N2O2/c1-11-6-15(7-12(2)21(11)26)17(24(31,32)33)9-19(27)14-4-5-16(18(8-14)25(34,35)36)22(40)38-13(3)37-20(39)10-23(28,29)30/h4-9,13,17H,10H2,1-3H3,(H,37,39)(H,38,40)/b19-9-. The monoisotopic (exact) mass is 606 g/mol. The highest BCUT2D eigenvalue weighted by Crippen LogP contribution is 2.41. The van der Waals surface area contributed by atoms with Crippen LogP contribution in [0.25, 0.3) is 5.83 Å². The topological polar surface area (TPSA) is 58.2 Å². The van der Waals surface area contributed by atoms with Crippen molar-refractivity contribution < 1.29 is 53.5 Å². The van der Waals surface area contributed by atoms with Crippen LogP contribution < -0.4 is 10.6 Å². The van der Waals surface area contributed by atoms with Gasteiger partial charge in [0, 0.05) is 10.6 Å². The summed E-state index contributed by atoms with van der Waals surface area (Å²) >= 11 is 5.98. The number of carbonyl (C=O) groups excluding carboxylic acids is 2. The minimum absolute atomic E-state index is 0.0929. The first-order valence-electron chi connectivity index (χ1n) is 11.2. The fourth-order valence-corrected chi connectivity index (χ4v) is 3.80. The Morgan fingerprint density at radius 2 is 1.48 bits per heavy atom. The first-order chi connectivity index (χ1) is 18.1. The highest BCUT2D eigenvalue weighted by atomic mass is 35.5. The Labute approximate surface area is 226 Å². The summed E-state index contributed by atoms with van der Waals surface area (Å²) in [6.45, 7) is 3.83. The van der Waals surface area contributed by atoms with Gasteiger partial charge in [-0.1, -0.05) is 29.8 Å². The van der Waals surface area contributed by atoms with Gasteiger partial charge in [0.1, 0.15) is 18.2 Å². The smallest absolute Gasteiger partial charge is 0.336 e. The van der Waals surface area contributed by atoms with E-state index < -0.39 is 76.9 Å². The van der Waals surface area contributed by atoms with E-state index in [1.54, 1.807) is 5.32 Å². The SMILES string of the molecule is Cc1cc(C(/C=C(\F)c2ccc(C(=O)NC(C)NC(=O)CC(F)(F)F)c(C(F)(F)F)c2)C(F)(F)F)cc(C)c1Cl. The molecule has 0 aliphatic heterocycles. The van der Waals surface area contributed by atoms with Crippen molar-refractivity contribution in [3.05, 3.63) is 74.8 Å². The normalized spacial score (nSPS) is 14.5. The lowest BCUT2D eigenvalue weighted by molar-refractivity contribution is -0.154. The van der Waals surface area contributed by atoms with Crippen LogP contribution in [0.15, 0.2) is 36.4 Å². The molecule has 2 atom stereocenters. The maximum Gasteiger partial charge on any atom is 0.417 e. The van der Waals surface area contributed by atoms with Gasteiger partial charge < -0.3 is 10.6 Å². The molecule has 2 rings (SSSR count). The van der Waals surface area contributed by atoms with E-state index >= 15 is 0 Å². The van der Waals surface area contributed by atoms with Crippen LogP contribution in [0.5, 0.6) is 0 Å². The number of carbonyl (C=O) groups is 2. The van der Waals surface area contributed by atoms with E-state index in [2.05, 4.69) is 0 Å². The molecule has 15 heteroatoms. The van der Waals surface area contributed by atoms with E-state index in [-0.39, 0.29) is 28.3 Å². The van der Waals surface area contributed by atoms with E-state index in [4.69, 9.17) is 11.6 Å². The molecule has 0 aliphatic carbocycles. The van der Waals surface area contributed by atoms with Crippen LogP contribution in [0, 0.1) is 13.8 Å². The predicted octanol–water partition coefficient (Wildman–Crippen LogP) is 7.78. The van der Waals surface area contributed by atoms with Crippen LogP contribution in [0.4, 0.5) is 43.9 Å². The maximum absolute atomic E-state index is 15.0. The molecule has 0 aliphatic rings. The van der Waals surface area contributed by atoms with Gasteiger partial charge in [0.05, 0.1) is 17.3 Å². The summed E-state index contributed by atoms with van der Waals surface area (Å²) in [5.74, 6) is -7.29. The third kappa shape index (κ3) is 8.86. The summed E-state index contributed by atoms with van der Waals surface area (Å²) in [6.07, 6.45) is -18.6. The summed E-state index contributed by atoms with van der Waals surface area (Å²) in [5.41, 5.74) is -3.65. The van der Waals surface area contributed by atoms with E-state index in [1.807, 2.05) is 5.32 Å². The van der Waals surface area contributed by atoms with Gasteiger partial charge in [-0.15, -0.1) is 0 Å². The van der Waals surface area contributed by atoms with Gasteiger partial charge in [-0.3, -0.25) is 9.59 Å². The first kappa shape index (κ1) is 32.9. The molecule has 0 bridgehead atoms. The third-order valence-corrected chi connectivity index (χ3v) is 6.01. The molecular weight excluding hydrogens is 586 g/mol. The molecule has 0 spiro atoms. The molecule has 0 saturated heterocycles. The number of allylic oxidation sites excluding steroid dienone is 1. The largest absolute Gasteiger partial charge is 0.417 e. The summed E-state index contributed by atoms with van der Waals surface area (Å²) in [4.78, 5) is 23.8. The molecule has 220 valence electrons. The number of benzene rings is 2. The van der Waals surface area contributed by atoms with Crippen molar-refractivity contribution in [2.45, 2.75) is 57.8 Å². The number of halogens is 11. The average molecular weight is 607 g/mol. The lowest BCUT2D eigenvalue weighted by atomic mass is 9.93. The minimum atomic E-state index is -5.29. The van der Waals surface area contributed by atoms with Crippen molar-refractivity contribution >= 4 is 29.2 Å². The van der Waals surface area contributed by atoms with Gasteiger partial charge in [0.15, 0.2) is 0 Å². The van der Waals surface area contributed by atoms with E-state index in [9.17, 15) is 53.5 Å². The molecule has 0 fully saturated rings. The minimum Gasteiger partial charge on any atom is -0.336 e. The van der Waals surface area contributed by atoms with Crippen molar-refractivity contribution in [3.63, 3.8) is 0 Å². The van der Waals surface area contributed by atoms with Gasteiger partial charge in [-0.25, -0.2) is 4.39 Å². The van der Waals surface area contributed by atoms with Gasteiger partial charge in [-0.05, 0) is 55.7 Å². The molecule has 40 heavy (non-hydrogen) atoms. The summed E-state index contributed by atoms with van der Waals surface area (Å²) in [7, 11) is 0. The first-order valence-corrected chi connectivity index (χ1v) is 11.6. The van der Waals surface area contributed by atoms with Crippen molar-refractivity contribution in [1.29, 1.82) is 0 Å². The zero-order chi connectivity index (χ0) is 30.8. The van der Waals surface area contributed by atoms with Gasteiger partial charge in [0.2, 0.25) is 5.91 Å². The molecular formula is C25H21ClF10N2O2. The van der Waals surface area contributed by atoms with E-state index in [1.165, 1.54) is 13.8 Å². The Morgan fingerprint density at radius 3 is 1.95 bits per heavy atom. The van der Waals surface area contributed by atoms with Crippen molar-refractivity contribution in [2.24, 2.45) is 0 Å². The van der Waals surface area contributed by atoms with Crippen LogP contribution in [0.1, 0.15) is 57.4 Å². The molecule has 2 aromatic carbocycles. The molecule has 4 nitrogen and oxygen atoms in total. The second-order valence-electron chi connectivity index (χ2n) is 8.82. The Kier molecular flexibility index (Phi) is 9.93. The highest BCUT2D eigenvalue weighted by Gasteiger charge is 2.41. The van der Waals surface area contributed by atoms with E-state index in [0.29, 0.717) is 12.1 Å². The second kappa shape index (κ2) is 12.1. The number of nitrogens with one attached hydrogen (secondary N) is 2. The molecule has 2 unspecified atom stereocenters. The maximum atomic E-state index is 15.0. The number of rotatable bonds is 7. The van der Waals surface area contributed by atoms with Crippen molar-refractivity contribution in [2.75, 3.05) is 0 Å². The van der Waals surface area contributed by atoms with Gasteiger partial charge in [-0.2, -0.15) is 39.5 Å². The van der Waals surface area contributed by atoms with Crippen LogP contribution >= 0.6 is 11.6 Å². The van der Waals surface area contributed by atoms with Crippen LogP contribution in [-0.4, -0.2) is 30.3 Å². The van der Waals surface area contributed by atoms with Crippen LogP contribution in [0.2, 0.25) is 5.02 Å². The Bertz CT molecular complexity index is 1280.